The Labute approximate surface area is 142 Å². The molecule has 0 bridgehead atoms. The van der Waals surface area contributed by atoms with E-state index in [4.69, 9.17) is 11.6 Å². The van der Waals surface area contributed by atoms with Crippen molar-refractivity contribution in [1.82, 2.24) is 16.0 Å². The minimum Gasteiger partial charge on any atom is -0.356 e. The highest BCUT2D eigenvalue weighted by Crippen LogP contribution is 2.09. The molecule has 1 aromatic carbocycles. The normalized spacial score (nSPS) is 17.5. The van der Waals surface area contributed by atoms with Gasteiger partial charge in [-0.2, -0.15) is 0 Å². The first-order chi connectivity index (χ1) is 11.1. The topological polar surface area (TPSA) is 70.2 Å². The highest BCUT2D eigenvalue weighted by Gasteiger charge is 2.13. The lowest BCUT2D eigenvalue weighted by molar-refractivity contribution is -0.121. The zero-order chi connectivity index (χ0) is 16.5. The molecule has 1 aliphatic rings. The van der Waals surface area contributed by atoms with E-state index in [1.165, 1.54) is 12.8 Å². The lowest BCUT2D eigenvalue weighted by Gasteiger charge is -2.22. The number of piperidine rings is 1. The van der Waals surface area contributed by atoms with E-state index in [9.17, 15) is 9.59 Å². The maximum atomic E-state index is 11.9. The predicted molar refractivity (Wildman–Crippen MR) is 91.6 cm³/mol. The summed E-state index contributed by atoms with van der Waals surface area (Å²) in [5.41, 5.74) is 0.573. The Balaban J connectivity index is 1.56. The lowest BCUT2D eigenvalue weighted by Crippen LogP contribution is -2.38. The Bertz CT molecular complexity index is 513. The number of carbonyl (C=O) groups is 2. The van der Waals surface area contributed by atoms with Gasteiger partial charge in [-0.15, -0.1) is 0 Å². The molecule has 1 atom stereocenters. The molecule has 0 aliphatic carbocycles. The maximum Gasteiger partial charge on any atom is 0.251 e. The van der Waals surface area contributed by atoms with E-state index in [-0.39, 0.29) is 11.8 Å². The summed E-state index contributed by atoms with van der Waals surface area (Å²) in [4.78, 5) is 23.7. The molecule has 0 aromatic heterocycles. The van der Waals surface area contributed by atoms with Crippen LogP contribution in [-0.2, 0) is 4.79 Å². The molecule has 0 saturated carbocycles. The third-order valence-corrected chi connectivity index (χ3v) is 4.21. The van der Waals surface area contributed by atoms with Gasteiger partial charge in [0.05, 0.1) is 0 Å². The Morgan fingerprint density at radius 1 is 1.22 bits per heavy atom. The molecular formula is C17H24ClN3O2. The second-order valence-electron chi connectivity index (χ2n) is 5.88. The molecular weight excluding hydrogens is 314 g/mol. The molecule has 1 aromatic rings. The number of carbonyl (C=O) groups excluding carboxylic acids is 2. The van der Waals surface area contributed by atoms with Gasteiger partial charge in [0.2, 0.25) is 5.91 Å². The molecule has 126 valence electrons. The van der Waals surface area contributed by atoms with Gasteiger partial charge in [-0.25, -0.2) is 0 Å². The molecule has 2 amide bonds. The van der Waals surface area contributed by atoms with Crippen LogP contribution < -0.4 is 16.0 Å². The molecule has 3 N–H and O–H groups in total. The highest BCUT2D eigenvalue weighted by molar-refractivity contribution is 6.30. The first-order valence-corrected chi connectivity index (χ1v) is 8.54. The predicted octanol–water partition coefficient (Wildman–Crippen LogP) is 1.97. The second-order valence-corrected chi connectivity index (χ2v) is 6.32. The zero-order valence-electron chi connectivity index (χ0n) is 13.2. The molecule has 0 radical (unpaired) electrons. The zero-order valence-corrected chi connectivity index (χ0v) is 14.0. The standard InChI is InChI=1S/C17H24ClN3O2/c18-15-7-5-14(6-8-15)17(23)20-10-2-4-16(22)21-12-13-3-1-9-19-11-13/h5-8,13,19H,1-4,9-12H2,(H,20,23)(H,21,22). The van der Waals surface area contributed by atoms with Gasteiger partial charge in [0.25, 0.3) is 5.91 Å². The largest absolute Gasteiger partial charge is 0.356 e. The molecule has 6 heteroatoms. The quantitative estimate of drug-likeness (QED) is 0.666. The van der Waals surface area contributed by atoms with Crippen molar-refractivity contribution < 1.29 is 9.59 Å². The van der Waals surface area contributed by atoms with Crippen LogP contribution in [0.1, 0.15) is 36.0 Å². The van der Waals surface area contributed by atoms with Crippen molar-refractivity contribution in [2.45, 2.75) is 25.7 Å². The SMILES string of the molecule is O=C(CCCNC(=O)c1ccc(Cl)cc1)NCC1CCCNC1. The van der Waals surface area contributed by atoms with Crippen LogP contribution in [0.3, 0.4) is 0 Å². The van der Waals surface area contributed by atoms with Crippen LogP contribution in [0.15, 0.2) is 24.3 Å². The lowest BCUT2D eigenvalue weighted by atomic mass is 10.00. The average molecular weight is 338 g/mol. The minimum atomic E-state index is -0.143. The summed E-state index contributed by atoms with van der Waals surface area (Å²) in [5.74, 6) is 0.448. The number of halogens is 1. The van der Waals surface area contributed by atoms with Crippen LogP contribution >= 0.6 is 11.6 Å². The second kappa shape index (κ2) is 9.53. The smallest absolute Gasteiger partial charge is 0.251 e. The van der Waals surface area contributed by atoms with Crippen LogP contribution in [0.25, 0.3) is 0 Å². The van der Waals surface area contributed by atoms with Gasteiger partial charge in [0.15, 0.2) is 0 Å². The van der Waals surface area contributed by atoms with Gasteiger partial charge < -0.3 is 16.0 Å². The van der Waals surface area contributed by atoms with Crippen molar-refractivity contribution in [1.29, 1.82) is 0 Å². The van der Waals surface area contributed by atoms with Crippen LogP contribution in [0.4, 0.5) is 0 Å². The summed E-state index contributed by atoms with van der Waals surface area (Å²) in [5, 5.41) is 9.72. The Morgan fingerprint density at radius 2 is 2.00 bits per heavy atom. The van der Waals surface area contributed by atoms with Crippen molar-refractivity contribution >= 4 is 23.4 Å². The molecule has 5 nitrogen and oxygen atoms in total. The number of nitrogens with one attached hydrogen (secondary N) is 3. The number of benzene rings is 1. The van der Waals surface area contributed by atoms with Gasteiger partial charge in [-0.3, -0.25) is 9.59 Å². The van der Waals surface area contributed by atoms with E-state index < -0.39 is 0 Å². The van der Waals surface area contributed by atoms with Gasteiger partial charge in [-0.05, 0) is 62.5 Å². The summed E-state index contributed by atoms with van der Waals surface area (Å²) in [6.45, 7) is 3.29. The Morgan fingerprint density at radius 3 is 2.70 bits per heavy atom. The van der Waals surface area contributed by atoms with Gasteiger partial charge >= 0.3 is 0 Å². The highest BCUT2D eigenvalue weighted by atomic mass is 35.5. The van der Waals surface area contributed by atoms with Crippen molar-refractivity contribution in [2.24, 2.45) is 5.92 Å². The fraction of sp³-hybridized carbons (Fsp3) is 0.529. The van der Waals surface area contributed by atoms with E-state index in [1.54, 1.807) is 24.3 Å². The van der Waals surface area contributed by atoms with E-state index in [2.05, 4.69) is 16.0 Å². The summed E-state index contributed by atoms with van der Waals surface area (Å²) in [6, 6.07) is 6.74. The van der Waals surface area contributed by atoms with E-state index in [0.29, 0.717) is 35.9 Å². The summed E-state index contributed by atoms with van der Waals surface area (Å²) in [7, 11) is 0. The Kier molecular flexibility index (Phi) is 7.36. The van der Waals surface area contributed by atoms with Crippen molar-refractivity contribution in [2.75, 3.05) is 26.2 Å². The average Bonchev–Trinajstić information content (AvgIpc) is 2.58. The third-order valence-electron chi connectivity index (χ3n) is 3.96. The van der Waals surface area contributed by atoms with Gasteiger partial charge in [0, 0.05) is 30.1 Å². The number of hydrogen-bond donors (Lipinski definition) is 3. The molecule has 2 rings (SSSR count). The van der Waals surface area contributed by atoms with Gasteiger partial charge in [0.1, 0.15) is 0 Å². The molecule has 1 aliphatic heterocycles. The first-order valence-electron chi connectivity index (χ1n) is 8.16. The number of amides is 2. The maximum absolute atomic E-state index is 11.9. The molecule has 1 saturated heterocycles. The van der Waals surface area contributed by atoms with E-state index in [1.807, 2.05) is 0 Å². The van der Waals surface area contributed by atoms with Crippen molar-refractivity contribution in [3.05, 3.63) is 34.9 Å². The number of rotatable bonds is 7. The molecule has 23 heavy (non-hydrogen) atoms. The van der Waals surface area contributed by atoms with Crippen molar-refractivity contribution in [3.63, 3.8) is 0 Å². The molecule has 1 heterocycles. The fourth-order valence-electron chi connectivity index (χ4n) is 2.60. The van der Waals surface area contributed by atoms with Crippen LogP contribution in [0, 0.1) is 5.92 Å². The minimum absolute atomic E-state index is 0.0521. The fourth-order valence-corrected chi connectivity index (χ4v) is 2.72. The molecule has 1 fully saturated rings. The van der Waals surface area contributed by atoms with Crippen LogP contribution in [0.2, 0.25) is 5.02 Å². The van der Waals surface area contributed by atoms with Crippen LogP contribution in [-0.4, -0.2) is 38.0 Å². The monoisotopic (exact) mass is 337 g/mol. The first kappa shape index (κ1) is 17.8. The van der Waals surface area contributed by atoms with Crippen LogP contribution in [0.5, 0.6) is 0 Å². The van der Waals surface area contributed by atoms with E-state index in [0.717, 1.165) is 19.6 Å². The molecule has 0 spiro atoms. The Hall–Kier alpha value is -1.59. The third kappa shape index (κ3) is 6.59. The molecule has 1 unspecified atom stereocenters. The van der Waals surface area contributed by atoms with Gasteiger partial charge in [-0.1, -0.05) is 11.6 Å². The summed E-state index contributed by atoms with van der Waals surface area (Å²) < 4.78 is 0. The summed E-state index contributed by atoms with van der Waals surface area (Å²) in [6.07, 6.45) is 3.41. The number of hydrogen-bond acceptors (Lipinski definition) is 3. The van der Waals surface area contributed by atoms with Crippen molar-refractivity contribution in [3.8, 4) is 0 Å². The summed E-state index contributed by atoms with van der Waals surface area (Å²) >= 11 is 5.78. The van der Waals surface area contributed by atoms with E-state index >= 15 is 0 Å².